The minimum Gasteiger partial charge on any atom is -0.497 e. The molecular weight excluding hydrogens is 360 g/mol. The Kier molecular flexibility index (Phi) is 6.49. The fraction of sp³-hybridized carbons (Fsp3) is 0.333. The van der Waals surface area contributed by atoms with E-state index in [9.17, 15) is 9.59 Å². The van der Waals surface area contributed by atoms with E-state index in [0.717, 1.165) is 23.3 Å². The Labute approximate surface area is 164 Å². The lowest BCUT2D eigenvalue weighted by Crippen LogP contribution is -2.34. The van der Waals surface area contributed by atoms with Crippen molar-refractivity contribution in [3.05, 3.63) is 53.6 Å². The van der Waals surface area contributed by atoms with Crippen molar-refractivity contribution >= 4 is 17.5 Å². The Morgan fingerprint density at radius 2 is 1.96 bits per heavy atom. The van der Waals surface area contributed by atoms with Crippen LogP contribution in [-0.2, 0) is 27.3 Å². The first-order chi connectivity index (χ1) is 13.6. The SMILES string of the molecule is COCC(=O)Nc1ccc2c(c1)CN(CCc1ccc(OC)cc1)C(=O)CO2. The third-order valence-electron chi connectivity index (χ3n) is 4.51. The lowest BCUT2D eigenvalue weighted by molar-refractivity contribution is -0.133. The van der Waals surface area contributed by atoms with E-state index in [1.807, 2.05) is 30.3 Å². The first-order valence-corrected chi connectivity index (χ1v) is 9.04. The van der Waals surface area contributed by atoms with Crippen molar-refractivity contribution in [2.45, 2.75) is 13.0 Å². The van der Waals surface area contributed by atoms with Crippen LogP contribution in [0.3, 0.4) is 0 Å². The molecule has 0 bridgehead atoms. The summed E-state index contributed by atoms with van der Waals surface area (Å²) in [6.45, 7) is 0.998. The molecule has 7 nitrogen and oxygen atoms in total. The summed E-state index contributed by atoms with van der Waals surface area (Å²) in [5.41, 5.74) is 2.63. The first-order valence-electron chi connectivity index (χ1n) is 9.04. The van der Waals surface area contributed by atoms with Gasteiger partial charge < -0.3 is 24.4 Å². The van der Waals surface area contributed by atoms with Gasteiger partial charge in [0.05, 0.1) is 7.11 Å². The van der Waals surface area contributed by atoms with Gasteiger partial charge in [0.15, 0.2) is 6.61 Å². The molecule has 1 N–H and O–H groups in total. The van der Waals surface area contributed by atoms with Gasteiger partial charge in [-0.1, -0.05) is 12.1 Å². The molecule has 2 aromatic carbocycles. The average Bonchev–Trinajstić information content (AvgIpc) is 2.85. The van der Waals surface area contributed by atoms with Crippen LogP contribution in [-0.4, -0.2) is 50.7 Å². The topological polar surface area (TPSA) is 77.1 Å². The van der Waals surface area contributed by atoms with Crippen molar-refractivity contribution in [1.82, 2.24) is 4.90 Å². The summed E-state index contributed by atoms with van der Waals surface area (Å²) in [7, 11) is 3.10. The first kappa shape index (κ1) is 19.7. The van der Waals surface area contributed by atoms with Gasteiger partial charge in [-0.15, -0.1) is 0 Å². The Morgan fingerprint density at radius 1 is 1.18 bits per heavy atom. The highest BCUT2D eigenvalue weighted by molar-refractivity contribution is 5.92. The van der Waals surface area contributed by atoms with Crippen molar-refractivity contribution < 1.29 is 23.8 Å². The van der Waals surface area contributed by atoms with Gasteiger partial charge in [-0.05, 0) is 42.3 Å². The van der Waals surface area contributed by atoms with Gasteiger partial charge in [0.2, 0.25) is 5.91 Å². The van der Waals surface area contributed by atoms with E-state index in [2.05, 4.69) is 5.32 Å². The number of rotatable bonds is 7. The van der Waals surface area contributed by atoms with E-state index >= 15 is 0 Å². The fourth-order valence-electron chi connectivity index (χ4n) is 3.03. The molecule has 148 valence electrons. The molecule has 3 rings (SSSR count). The van der Waals surface area contributed by atoms with Crippen LogP contribution < -0.4 is 14.8 Å². The molecule has 1 aliphatic heterocycles. The highest BCUT2D eigenvalue weighted by Gasteiger charge is 2.22. The van der Waals surface area contributed by atoms with Crippen molar-refractivity contribution in [2.24, 2.45) is 0 Å². The largest absolute Gasteiger partial charge is 0.497 e. The van der Waals surface area contributed by atoms with E-state index in [1.165, 1.54) is 7.11 Å². The molecular formula is C21H24N2O5. The van der Waals surface area contributed by atoms with Crippen LogP contribution in [0.25, 0.3) is 0 Å². The molecule has 1 aliphatic rings. The van der Waals surface area contributed by atoms with Crippen molar-refractivity contribution in [1.29, 1.82) is 0 Å². The number of nitrogens with one attached hydrogen (secondary N) is 1. The summed E-state index contributed by atoms with van der Waals surface area (Å²) in [5.74, 6) is 1.17. The van der Waals surface area contributed by atoms with Gasteiger partial charge in [0.1, 0.15) is 18.1 Å². The summed E-state index contributed by atoms with van der Waals surface area (Å²) in [6.07, 6.45) is 0.731. The van der Waals surface area contributed by atoms with Crippen LogP contribution >= 0.6 is 0 Å². The van der Waals surface area contributed by atoms with Gasteiger partial charge in [-0.3, -0.25) is 9.59 Å². The van der Waals surface area contributed by atoms with Crippen molar-refractivity contribution in [3.63, 3.8) is 0 Å². The highest BCUT2D eigenvalue weighted by atomic mass is 16.5. The number of hydrogen-bond donors (Lipinski definition) is 1. The zero-order valence-electron chi connectivity index (χ0n) is 16.1. The Morgan fingerprint density at radius 3 is 2.68 bits per heavy atom. The predicted molar refractivity (Wildman–Crippen MR) is 105 cm³/mol. The Hall–Kier alpha value is -3.06. The van der Waals surface area contributed by atoms with Crippen LogP contribution in [0.5, 0.6) is 11.5 Å². The second kappa shape index (κ2) is 9.23. The zero-order chi connectivity index (χ0) is 19.9. The molecule has 0 atom stereocenters. The number of fused-ring (bicyclic) bond motifs is 1. The maximum absolute atomic E-state index is 12.4. The quantitative estimate of drug-likeness (QED) is 0.792. The van der Waals surface area contributed by atoms with Gasteiger partial charge in [0.25, 0.3) is 5.91 Å². The maximum Gasteiger partial charge on any atom is 0.260 e. The van der Waals surface area contributed by atoms with Crippen LogP contribution in [0.2, 0.25) is 0 Å². The number of ether oxygens (including phenoxy) is 3. The van der Waals surface area contributed by atoms with Gasteiger partial charge in [-0.25, -0.2) is 0 Å². The fourth-order valence-corrected chi connectivity index (χ4v) is 3.03. The minimum atomic E-state index is -0.232. The summed E-state index contributed by atoms with van der Waals surface area (Å²) >= 11 is 0. The number of amides is 2. The average molecular weight is 384 g/mol. The van der Waals surface area contributed by atoms with E-state index in [-0.39, 0.29) is 25.0 Å². The van der Waals surface area contributed by atoms with E-state index in [0.29, 0.717) is 24.5 Å². The summed E-state index contributed by atoms with van der Waals surface area (Å²) < 4.78 is 15.6. The molecule has 1 heterocycles. The molecule has 2 amide bonds. The predicted octanol–water partition coefficient (Wildman–Crippen LogP) is 2.24. The molecule has 7 heteroatoms. The zero-order valence-corrected chi connectivity index (χ0v) is 16.1. The molecule has 0 fully saturated rings. The van der Waals surface area contributed by atoms with E-state index in [1.54, 1.807) is 24.1 Å². The van der Waals surface area contributed by atoms with Crippen LogP contribution in [0.15, 0.2) is 42.5 Å². The number of carbonyl (C=O) groups excluding carboxylic acids is 2. The van der Waals surface area contributed by atoms with Crippen LogP contribution in [0, 0.1) is 0 Å². The third-order valence-corrected chi connectivity index (χ3v) is 4.51. The van der Waals surface area contributed by atoms with Crippen molar-refractivity contribution in [3.8, 4) is 11.5 Å². The Bertz CT molecular complexity index is 835. The molecule has 0 aromatic heterocycles. The summed E-state index contributed by atoms with van der Waals surface area (Å²) in [6, 6.07) is 13.2. The highest BCUT2D eigenvalue weighted by Crippen LogP contribution is 2.27. The number of methoxy groups -OCH3 is 2. The van der Waals surface area contributed by atoms with Crippen LogP contribution in [0.1, 0.15) is 11.1 Å². The standard InChI is InChI=1S/C21H24N2O5/c1-26-13-20(24)22-17-5-8-19-16(11-17)12-23(21(25)14-28-19)10-9-15-3-6-18(27-2)7-4-15/h3-8,11H,9-10,12-14H2,1-2H3,(H,22,24). The van der Waals surface area contributed by atoms with Crippen LogP contribution in [0.4, 0.5) is 5.69 Å². The number of hydrogen-bond acceptors (Lipinski definition) is 5. The minimum absolute atomic E-state index is 0.00495. The molecule has 0 saturated carbocycles. The number of anilines is 1. The van der Waals surface area contributed by atoms with Crippen molar-refractivity contribution in [2.75, 3.05) is 39.3 Å². The van der Waals surface area contributed by atoms with E-state index in [4.69, 9.17) is 14.2 Å². The van der Waals surface area contributed by atoms with E-state index < -0.39 is 0 Å². The third kappa shape index (κ3) is 5.01. The molecule has 28 heavy (non-hydrogen) atoms. The lowest BCUT2D eigenvalue weighted by atomic mass is 10.1. The summed E-state index contributed by atoms with van der Waals surface area (Å²) in [5, 5.41) is 2.77. The number of benzene rings is 2. The second-order valence-corrected chi connectivity index (χ2v) is 6.51. The molecule has 2 aromatic rings. The smallest absolute Gasteiger partial charge is 0.260 e. The number of carbonyl (C=O) groups is 2. The van der Waals surface area contributed by atoms with Gasteiger partial charge in [-0.2, -0.15) is 0 Å². The Balaban J connectivity index is 1.68. The molecule has 0 radical (unpaired) electrons. The normalized spacial score (nSPS) is 13.4. The van der Waals surface area contributed by atoms with Gasteiger partial charge in [0, 0.05) is 31.5 Å². The maximum atomic E-state index is 12.4. The molecule has 0 unspecified atom stereocenters. The second-order valence-electron chi connectivity index (χ2n) is 6.51. The lowest BCUT2D eigenvalue weighted by Gasteiger charge is -2.20. The molecule has 0 spiro atoms. The van der Waals surface area contributed by atoms with Gasteiger partial charge >= 0.3 is 0 Å². The molecule has 0 aliphatic carbocycles. The monoisotopic (exact) mass is 384 g/mol. The molecule has 0 saturated heterocycles. The summed E-state index contributed by atoms with van der Waals surface area (Å²) in [4.78, 5) is 26.0. The number of nitrogens with zero attached hydrogens (tertiary/aromatic N) is 1.